The summed E-state index contributed by atoms with van der Waals surface area (Å²) in [6.07, 6.45) is 2.97. The molecule has 0 spiro atoms. The van der Waals surface area contributed by atoms with Crippen LogP contribution in [0.15, 0.2) is 48.5 Å². The molecule has 0 radical (unpaired) electrons. The summed E-state index contributed by atoms with van der Waals surface area (Å²) < 4.78 is 11.2. The van der Waals surface area contributed by atoms with E-state index in [0.29, 0.717) is 10.8 Å². The number of hydrogen-bond donors (Lipinski definition) is 2. The Balaban J connectivity index is 1.51. The smallest absolute Gasteiger partial charge is 0.126 e. The molecule has 3 atom stereocenters. The van der Waals surface area contributed by atoms with Gasteiger partial charge in [-0.25, -0.2) is 0 Å². The summed E-state index contributed by atoms with van der Waals surface area (Å²) in [7, 11) is 1.68. The van der Waals surface area contributed by atoms with Crippen LogP contribution in [0, 0.1) is 0 Å². The van der Waals surface area contributed by atoms with E-state index in [4.69, 9.17) is 21.1 Å². The van der Waals surface area contributed by atoms with E-state index in [0.717, 1.165) is 38.0 Å². The highest BCUT2D eigenvalue weighted by atomic mass is 35.5. The molecule has 0 unspecified atom stereocenters. The van der Waals surface area contributed by atoms with Gasteiger partial charge < -0.3 is 19.9 Å². The largest absolute Gasteiger partial charge is 0.497 e. The van der Waals surface area contributed by atoms with E-state index in [-0.39, 0.29) is 12.1 Å². The first-order chi connectivity index (χ1) is 12.7. The lowest BCUT2D eigenvalue weighted by atomic mass is 9.89. The van der Waals surface area contributed by atoms with Gasteiger partial charge in [0.25, 0.3) is 0 Å². The minimum atomic E-state index is -0.534. The molecule has 2 aromatic rings. The third kappa shape index (κ3) is 5.13. The van der Waals surface area contributed by atoms with E-state index in [1.807, 2.05) is 36.4 Å². The highest BCUT2D eigenvalue weighted by Gasteiger charge is 2.33. The molecule has 0 aliphatic heterocycles. The van der Waals surface area contributed by atoms with E-state index in [1.165, 1.54) is 5.56 Å². The van der Waals surface area contributed by atoms with Gasteiger partial charge in [-0.05, 0) is 68.1 Å². The van der Waals surface area contributed by atoms with Gasteiger partial charge in [-0.3, -0.25) is 0 Å². The van der Waals surface area contributed by atoms with Crippen LogP contribution in [0.1, 0.15) is 24.8 Å². The highest BCUT2D eigenvalue weighted by Crippen LogP contribution is 2.26. The van der Waals surface area contributed by atoms with Gasteiger partial charge in [0, 0.05) is 11.1 Å². The Bertz CT molecular complexity index is 709. The Labute approximate surface area is 160 Å². The summed E-state index contributed by atoms with van der Waals surface area (Å²) in [5, 5.41) is 14.8. The molecule has 3 rings (SSSR count). The minimum Gasteiger partial charge on any atom is -0.497 e. The van der Waals surface area contributed by atoms with Crippen molar-refractivity contribution in [2.45, 2.75) is 43.9 Å². The average molecular weight is 376 g/mol. The van der Waals surface area contributed by atoms with E-state index in [9.17, 15) is 5.11 Å². The van der Waals surface area contributed by atoms with Gasteiger partial charge in [0.05, 0.1) is 7.11 Å². The maximum Gasteiger partial charge on any atom is 0.126 e. The summed E-state index contributed by atoms with van der Waals surface area (Å²) in [4.78, 5) is 0. The van der Waals surface area contributed by atoms with Gasteiger partial charge in [0.15, 0.2) is 0 Å². The summed E-state index contributed by atoms with van der Waals surface area (Å²) in [6, 6.07) is 15.4. The van der Waals surface area contributed by atoms with Gasteiger partial charge in [-0.15, -0.1) is 0 Å². The molecule has 0 amide bonds. The fourth-order valence-electron chi connectivity index (χ4n) is 3.44. The van der Waals surface area contributed by atoms with Crippen LogP contribution in [0.4, 0.5) is 0 Å². The summed E-state index contributed by atoms with van der Waals surface area (Å²) in [5.74, 6) is 1.58. The van der Waals surface area contributed by atoms with Gasteiger partial charge in [-0.1, -0.05) is 29.8 Å². The van der Waals surface area contributed by atoms with Crippen LogP contribution in [0.3, 0.4) is 0 Å². The lowest BCUT2D eigenvalue weighted by Crippen LogP contribution is -2.51. The third-order valence-corrected chi connectivity index (χ3v) is 5.07. The van der Waals surface area contributed by atoms with Crippen molar-refractivity contribution in [1.82, 2.24) is 5.32 Å². The van der Waals surface area contributed by atoms with Crippen molar-refractivity contribution in [2.75, 3.05) is 13.7 Å². The van der Waals surface area contributed by atoms with Gasteiger partial charge in [-0.2, -0.15) is 0 Å². The fraction of sp³-hybridized carbons (Fsp3) is 0.429. The summed E-state index contributed by atoms with van der Waals surface area (Å²) in [6.45, 7) is 0.804. The number of benzene rings is 2. The van der Waals surface area contributed by atoms with Crippen molar-refractivity contribution in [3.05, 3.63) is 59.1 Å². The Morgan fingerprint density at radius 3 is 2.73 bits per heavy atom. The molecule has 4 nitrogen and oxygen atoms in total. The molecule has 2 N–H and O–H groups in total. The Morgan fingerprint density at radius 1 is 1.12 bits per heavy atom. The minimum absolute atomic E-state index is 0.0403. The van der Waals surface area contributed by atoms with Crippen LogP contribution < -0.4 is 14.8 Å². The quantitative estimate of drug-likeness (QED) is 0.772. The normalized spacial score (nSPS) is 22.8. The van der Waals surface area contributed by atoms with Gasteiger partial charge >= 0.3 is 0 Å². The average Bonchev–Trinajstić information content (AvgIpc) is 2.65. The Kier molecular flexibility index (Phi) is 6.78. The third-order valence-electron chi connectivity index (χ3n) is 4.83. The molecule has 0 saturated heterocycles. The number of halogens is 1. The summed E-state index contributed by atoms with van der Waals surface area (Å²) in [5.41, 5.74) is 1.22. The lowest BCUT2D eigenvalue weighted by molar-refractivity contribution is -0.0151. The van der Waals surface area contributed by atoms with E-state index >= 15 is 0 Å². The van der Waals surface area contributed by atoms with Gasteiger partial charge in [0.2, 0.25) is 0 Å². The van der Waals surface area contributed by atoms with Crippen LogP contribution in [-0.4, -0.2) is 37.0 Å². The molecular weight excluding hydrogens is 350 g/mol. The monoisotopic (exact) mass is 375 g/mol. The molecule has 2 aromatic carbocycles. The molecule has 140 valence electrons. The number of rotatable bonds is 7. The van der Waals surface area contributed by atoms with Crippen LogP contribution >= 0.6 is 11.6 Å². The first-order valence-electron chi connectivity index (χ1n) is 9.12. The van der Waals surface area contributed by atoms with Crippen molar-refractivity contribution in [3.63, 3.8) is 0 Å². The van der Waals surface area contributed by atoms with Crippen molar-refractivity contribution in [1.29, 1.82) is 0 Å². The molecule has 1 fully saturated rings. The Morgan fingerprint density at radius 2 is 1.92 bits per heavy atom. The second-order valence-corrected chi connectivity index (χ2v) is 7.13. The van der Waals surface area contributed by atoms with Crippen molar-refractivity contribution < 1.29 is 14.6 Å². The van der Waals surface area contributed by atoms with Crippen LogP contribution in [0.2, 0.25) is 5.02 Å². The maximum absolute atomic E-state index is 10.7. The van der Waals surface area contributed by atoms with Crippen LogP contribution in [-0.2, 0) is 6.42 Å². The van der Waals surface area contributed by atoms with Crippen molar-refractivity contribution >= 4 is 11.6 Å². The SMILES string of the molecule is COc1cccc(CCN[C@H]2CCC[C@@H](Oc3cccc(Cl)c3)[C@@H]2O)c1. The van der Waals surface area contributed by atoms with E-state index < -0.39 is 6.10 Å². The predicted octanol–water partition coefficient (Wildman–Crippen LogP) is 3.84. The molecule has 1 aliphatic carbocycles. The number of aliphatic hydroxyl groups excluding tert-OH is 1. The Hall–Kier alpha value is -1.75. The van der Waals surface area contributed by atoms with Crippen molar-refractivity contribution in [3.8, 4) is 11.5 Å². The molecular formula is C21H26ClNO3. The zero-order chi connectivity index (χ0) is 18.4. The molecule has 26 heavy (non-hydrogen) atoms. The summed E-state index contributed by atoms with van der Waals surface area (Å²) >= 11 is 6.01. The number of hydrogen-bond acceptors (Lipinski definition) is 4. The zero-order valence-corrected chi connectivity index (χ0v) is 15.8. The van der Waals surface area contributed by atoms with Crippen LogP contribution in [0.5, 0.6) is 11.5 Å². The fourth-order valence-corrected chi connectivity index (χ4v) is 3.62. The van der Waals surface area contributed by atoms with Gasteiger partial charge in [0.1, 0.15) is 23.7 Å². The molecule has 0 heterocycles. The standard InChI is InChI=1S/C21H26ClNO3/c1-25-17-7-2-5-15(13-17)11-12-23-19-9-4-10-20(21(19)24)26-18-8-3-6-16(22)14-18/h2-3,5-8,13-14,19-21,23-24H,4,9-12H2,1H3/t19-,20+,21+/m0/s1. The topological polar surface area (TPSA) is 50.7 Å². The first kappa shape index (κ1) is 19.0. The van der Waals surface area contributed by atoms with Crippen molar-refractivity contribution in [2.24, 2.45) is 0 Å². The lowest BCUT2D eigenvalue weighted by Gasteiger charge is -2.35. The number of methoxy groups -OCH3 is 1. The van der Waals surface area contributed by atoms with E-state index in [2.05, 4.69) is 11.4 Å². The molecule has 0 aromatic heterocycles. The molecule has 1 saturated carbocycles. The first-order valence-corrected chi connectivity index (χ1v) is 9.50. The second-order valence-electron chi connectivity index (χ2n) is 6.70. The number of ether oxygens (including phenoxy) is 2. The number of nitrogens with one attached hydrogen (secondary N) is 1. The van der Waals surface area contributed by atoms with Crippen LogP contribution in [0.25, 0.3) is 0 Å². The molecule has 5 heteroatoms. The second kappa shape index (κ2) is 9.26. The molecule has 1 aliphatic rings. The zero-order valence-electron chi connectivity index (χ0n) is 15.0. The maximum atomic E-state index is 10.7. The number of aliphatic hydroxyl groups is 1. The van der Waals surface area contributed by atoms with E-state index in [1.54, 1.807) is 13.2 Å². The predicted molar refractivity (Wildman–Crippen MR) is 104 cm³/mol. The highest BCUT2D eigenvalue weighted by molar-refractivity contribution is 6.30. The molecule has 0 bridgehead atoms.